The zero-order valence-corrected chi connectivity index (χ0v) is 14.6. The summed E-state index contributed by atoms with van der Waals surface area (Å²) < 4.78 is 45.8. The SMILES string of the molecule is O=C(c1ccc(F)c(F)c1F)N1CCc2c(noc2-c2ccc(Cl)cc2)C1. The molecule has 0 saturated carbocycles. The molecular weight excluding hydrogens is 381 g/mol. The van der Waals surface area contributed by atoms with E-state index in [-0.39, 0.29) is 13.1 Å². The number of carbonyl (C=O) groups is 1. The third kappa shape index (κ3) is 3.08. The summed E-state index contributed by atoms with van der Waals surface area (Å²) in [6.45, 7) is 0.357. The van der Waals surface area contributed by atoms with E-state index in [9.17, 15) is 18.0 Å². The van der Waals surface area contributed by atoms with Crippen molar-refractivity contribution in [3.05, 3.63) is 75.7 Å². The van der Waals surface area contributed by atoms with Crippen LogP contribution in [0.2, 0.25) is 5.02 Å². The molecular formula is C19H12ClF3N2O2. The fraction of sp³-hybridized carbons (Fsp3) is 0.158. The number of rotatable bonds is 2. The highest BCUT2D eigenvalue weighted by atomic mass is 35.5. The molecule has 1 amide bonds. The quantitative estimate of drug-likeness (QED) is 0.598. The number of hydrogen-bond acceptors (Lipinski definition) is 3. The first-order valence-electron chi connectivity index (χ1n) is 8.12. The number of aromatic nitrogens is 1. The Labute approximate surface area is 157 Å². The van der Waals surface area contributed by atoms with Crippen molar-refractivity contribution in [3.8, 4) is 11.3 Å². The summed E-state index contributed by atoms with van der Waals surface area (Å²) in [4.78, 5) is 13.9. The largest absolute Gasteiger partial charge is 0.356 e. The molecule has 0 aliphatic carbocycles. The smallest absolute Gasteiger partial charge is 0.257 e. The van der Waals surface area contributed by atoms with Gasteiger partial charge in [-0.15, -0.1) is 0 Å². The number of fused-ring (bicyclic) bond motifs is 1. The van der Waals surface area contributed by atoms with Crippen molar-refractivity contribution in [1.29, 1.82) is 0 Å². The zero-order valence-electron chi connectivity index (χ0n) is 13.8. The lowest BCUT2D eigenvalue weighted by atomic mass is 10.00. The molecule has 0 N–H and O–H groups in total. The molecule has 4 rings (SSSR count). The van der Waals surface area contributed by atoms with Gasteiger partial charge in [0.25, 0.3) is 5.91 Å². The van der Waals surface area contributed by atoms with Gasteiger partial charge in [0.05, 0.1) is 12.1 Å². The Bertz CT molecular complexity index is 1030. The molecule has 3 aromatic rings. The van der Waals surface area contributed by atoms with Crippen molar-refractivity contribution < 1.29 is 22.5 Å². The Kier molecular flexibility index (Phi) is 4.39. The monoisotopic (exact) mass is 392 g/mol. The lowest BCUT2D eigenvalue weighted by Gasteiger charge is -2.26. The molecule has 0 bridgehead atoms. The Morgan fingerprint density at radius 2 is 1.81 bits per heavy atom. The summed E-state index contributed by atoms with van der Waals surface area (Å²) in [5, 5.41) is 4.60. The molecule has 8 heteroatoms. The number of benzene rings is 2. The number of hydrogen-bond donors (Lipinski definition) is 0. The maximum atomic E-state index is 13.9. The minimum absolute atomic E-state index is 0.0870. The second kappa shape index (κ2) is 6.74. The third-order valence-electron chi connectivity index (χ3n) is 4.50. The highest BCUT2D eigenvalue weighted by Crippen LogP contribution is 2.31. The molecule has 0 radical (unpaired) electrons. The molecule has 0 unspecified atom stereocenters. The molecule has 1 aliphatic rings. The molecule has 0 atom stereocenters. The summed E-state index contributed by atoms with van der Waals surface area (Å²) in [6, 6.07) is 8.74. The van der Waals surface area contributed by atoms with Gasteiger partial charge in [0.2, 0.25) is 0 Å². The van der Waals surface area contributed by atoms with Gasteiger partial charge in [0.15, 0.2) is 23.2 Å². The van der Waals surface area contributed by atoms with Crippen LogP contribution in [0.4, 0.5) is 13.2 Å². The van der Waals surface area contributed by atoms with Gasteiger partial charge in [-0.2, -0.15) is 0 Å². The van der Waals surface area contributed by atoms with E-state index in [1.807, 2.05) is 0 Å². The molecule has 0 fully saturated rings. The van der Waals surface area contributed by atoms with Gasteiger partial charge in [0.1, 0.15) is 5.69 Å². The van der Waals surface area contributed by atoms with Crippen LogP contribution in [-0.4, -0.2) is 22.5 Å². The fourth-order valence-electron chi connectivity index (χ4n) is 3.09. The minimum Gasteiger partial charge on any atom is -0.356 e. The van der Waals surface area contributed by atoms with Crippen molar-refractivity contribution in [2.75, 3.05) is 6.54 Å². The van der Waals surface area contributed by atoms with Gasteiger partial charge in [-0.3, -0.25) is 4.79 Å². The Morgan fingerprint density at radius 1 is 1.07 bits per heavy atom. The highest BCUT2D eigenvalue weighted by molar-refractivity contribution is 6.30. The number of nitrogens with zero attached hydrogens (tertiary/aromatic N) is 2. The van der Waals surface area contributed by atoms with E-state index < -0.39 is 28.9 Å². The second-order valence-corrected chi connectivity index (χ2v) is 6.58. The van der Waals surface area contributed by atoms with Gasteiger partial charge in [0, 0.05) is 22.7 Å². The molecule has 2 aromatic carbocycles. The Hall–Kier alpha value is -2.80. The van der Waals surface area contributed by atoms with Crippen LogP contribution in [0, 0.1) is 17.5 Å². The van der Waals surface area contributed by atoms with Crippen LogP contribution in [0.25, 0.3) is 11.3 Å². The van der Waals surface area contributed by atoms with Gasteiger partial charge in [-0.1, -0.05) is 16.8 Å². The number of amides is 1. The molecule has 1 aliphatic heterocycles. The predicted molar refractivity (Wildman–Crippen MR) is 91.7 cm³/mol. The standard InChI is InChI=1S/C19H12ClF3N2O2/c20-11-3-1-10(2-4-11)18-12-7-8-25(9-15(12)24-27-18)19(26)13-5-6-14(21)17(23)16(13)22/h1-6H,7-9H2. The van der Waals surface area contributed by atoms with E-state index in [0.717, 1.165) is 23.3 Å². The van der Waals surface area contributed by atoms with Crippen molar-refractivity contribution in [3.63, 3.8) is 0 Å². The maximum absolute atomic E-state index is 13.9. The van der Waals surface area contributed by atoms with Crippen LogP contribution >= 0.6 is 11.6 Å². The van der Waals surface area contributed by atoms with Crippen molar-refractivity contribution in [2.24, 2.45) is 0 Å². The molecule has 4 nitrogen and oxygen atoms in total. The first kappa shape index (κ1) is 17.6. The molecule has 1 aromatic heterocycles. The van der Waals surface area contributed by atoms with E-state index in [4.69, 9.17) is 16.1 Å². The number of carbonyl (C=O) groups excluding carboxylic acids is 1. The first-order chi connectivity index (χ1) is 13.0. The highest BCUT2D eigenvalue weighted by Gasteiger charge is 2.30. The second-order valence-electron chi connectivity index (χ2n) is 6.14. The van der Waals surface area contributed by atoms with Gasteiger partial charge < -0.3 is 9.42 Å². The van der Waals surface area contributed by atoms with E-state index in [0.29, 0.717) is 22.9 Å². The maximum Gasteiger partial charge on any atom is 0.257 e. The Balaban J connectivity index is 1.60. The summed E-state index contributed by atoms with van der Waals surface area (Å²) in [5.74, 6) is -4.63. The summed E-state index contributed by atoms with van der Waals surface area (Å²) in [6.07, 6.45) is 0.438. The lowest BCUT2D eigenvalue weighted by molar-refractivity contribution is 0.0725. The van der Waals surface area contributed by atoms with Gasteiger partial charge >= 0.3 is 0 Å². The average Bonchev–Trinajstić information content (AvgIpc) is 3.09. The Morgan fingerprint density at radius 3 is 2.56 bits per heavy atom. The molecule has 0 saturated heterocycles. The van der Waals surface area contributed by atoms with Crippen LogP contribution < -0.4 is 0 Å². The predicted octanol–water partition coefficient (Wildman–Crippen LogP) is 4.61. The van der Waals surface area contributed by atoms with Crippen LogP contribution in [0.5, 0.6) is 0 Å². The summed E-state index contributed by atoms with van der Waals surface area (Å²) >= 11 is 5.89. The minimum atomic E-state index is -1.66. The van der Waals surface area contributed by atoms with Crippen LogP contribution in [0.15, 0.2) is 40.9 Å². The van der Waals surface area contributed by atoms with Crippen LogP contribution in [-0.2, 0) is 13.0 Å². The zero-order chi connectivity index (χ0) is 19.1. The van der Waals surface area contributed by atoms with Crippen molar-refractivity contribution in [1.82, 2.24) is 10.1 Å². The van der Waals surface area contributed by atoms with Gasteiger partial charge in [-0.05, 0) is 42.8 Å². The fourth-order valence-corrected chi connectivity index (χ4v) is 3.22. The molecule has 2 heterocycles. The van der Waals surface area contributed by atoms with E-state index in [1.54, 1.807) is 24.3 Å². The van der Waals surface area contributed by atoms with Gasteiger partial charge in [-0.25, -0.2) is 13.2 Å². The topological polar surface area (TPSA) is 46.3 Å². The van der Waals surface area contributed by atoms with Crippen LogP contribution in [0.3, 0.4) is 0 Å². The van der Waals surface area contributed by atoms with Crippen LogP contribution in [0.1, 0.15) is 21.6 Å². The molecule has 138 valence electrons. The first-order valence-corrected chi connectivity index (χ1v) is 8.49. The summed E-state index contributed by atoms with van der Waals surface area (Å²) in [7, 11) is 0. The number of halogens is 4. The lowest BCUT2D eigenvalue weighted by Crippen LogP contribution is -2.36. The van der Waals surface area contributed by atoms with E-state index >= 15 is 0 Å². The molecule has 27 heavy (non-hydrogen) atoms. The van der Waals surface area contributed by atoms with Crippen molar-refractivity contribution in [2.45, 2.75) is 13.0 Å². The normalized spacial score (nSPS) is 13.6. The van der Waals surface area contributed by atoms with Crippen molar-refractivity contribution >= 4 is 17.5 Å². The average molecular weight is 393 g/mol. The summed E-state index contributed by atoms with van der Waals surface area (Å²) in [5.41, 5.74) is 1.69. The van der Waals surface area contributed by atoms with E-state index in [1.165, 1.54) is 4.90 Å². The molecule has 0 spiro atoms. The third-order valence-corrected chi connectivity index (χ3v) is 4.75. The van der Waals surface area contributed by atoms with E-state index in [2.05, 4.69) is 5.16 Å².